The van der Waals surface area contributed by atoms with Crippen LogP contribution in [-0.2, 0) is 24.3 Å². The monoisotopic (exact) mass is 462 g/mol. The van der Waals surface area contributed by atoms with E-state index in [1.807, 2.05) is 13.0 Å². The molecule has 0 spiro atoms. The summed E-state index contributed by atoms with van der Waals surface area (Å²) in [7, 11) is -1.46. The average molecular weight is 463 g/mol. The summed E-state index contributed by atoms with van der Waals surface area (Å²) in [6, 6.07) is 8.10. The second kappa shape index (κ2) is 9.82. The van der Waals surface area contributed by atoms with E-state index in [1.54, 1.807) is 19.1 Å². The molecule has 172 valence electrons. The fourth-order valence-corrected chi connectivity index (χ4v) is 4.38. The number of esters is 2. The lowest BCUT2D eigenvalue weighted by atomic mass is 10.1. The number of nitrogens with zero attached hydrogens (tertiary/aromatic N) is 1. The topological polar surface area (TPSA) is 119 Å². The van der Waals surface area contributed by atoms with Crippen LogP contribution < -0.4 is 9.62 Å². The van der Waals surface area contributed by atoms with Gasteiger partial charge in [0.25, 0.3) is 0 Å². The molecule has 1 N–H and O–H groups in total. The number of methoxy groups -OCH3 is 2. The molecule has 0 radical (unpaired) electrons. The molecule has 0 aromatic heterocycles. The van der Waals surface area contributed by atoms with Crippen molar-refractivity contribution in [2.75, 3.05) is 30.1 Å². The molecule has 0 bridgehead atoms. The Kier molecular flexibility index (Phi) is 7.63. The third kappa shape index (κ3) is 5.64. The number of hydrogen-bond donors (Lipinski definition) is 1. The van der Waals surface area contributed by atoms with Gasteiger partial charge in [-0.2, -0.15) is 0 Å². The number of benzene rings is 2. The Labute approximate surface area is 187 Å². The van der Waals surface area contributed by atoms with Gasteiger partial charge < -0.3 is 14.8 Å². The molecule has 2 rings (SSSR count). The van der Waals surface area contributed by atoms with Crippen molar-refractivity contribution >= 4 is 39.2 Å². The van der Waals surface area contributed by atoms with Crippen molar-refractivity contribution in [3.05, 3.63) is 58.7 Å². The van der Waals surface area contributed by atoms with Gasteiger partial charge in [0.15, 0.2) is 0 Å². The van der Waals surface area contributed by atoms with Crippen molar-refractivity contribution in [1.82, 2.24) is 0 Å². The van der Waals surface area contributed by atoms with Crippen LogP contribution in [0, 0.1) is 13.8 Å². The van der Waals surface area contributed by atoms with Gasteiger partial charge >= 0.3 is 11.9 Å². The van der Waals surface area contributed by atoms with E-state index in [0.717, 1.165) is 16.1 Å². The number of carbonyl (C=O) groups excluding carboxylic acids is 3. The molecule has 0 unspecified atom stereocenters. The summed E-state index contributed by atoms with van der Waals surface area (Å²) in [5.41, 5.74) is 2.05. The van der Waals surface area contributed by atoms with E-state index >= 15 is 0 Å². The molecule has 10 heteroatoms. The molecule has 32 heavy (non-hydrogen) atoms. The second-order valence-electron chi connectivity index (χ2n) is 7.30. The quantitative estimate of drug-likeness (QED) is 0.628. The van der Waals surface area contributed by atoms with Gasteiger partial charge in [-0.05, 0) is 56.2 Å². The molecular weight excluding hydrogens is 436 g/mol. The summed E-state index contributed by atoms with van der Waals surface area (Å²) in [6.07, 6.45) is 1.02. The van der Waals surface area contributed by atoms with E-state index in [2.05, 4.69) is 14.8 Å². The lowest BCUT2D eigenvalue weighted by Gasteiger charge is -2.29. The summed E-state index contributed by atoms with van der Waals surface area (Å²) in [5.74, 6) is -2.09. The first-order valence-electron chi connectivity index (χ1n) is 9.58. The SMILES string of the molecule is COC(=O)c1cc(NC(=O)[C@H](C)N(c2cc(C)ccc2C)S(C)(=O)=O)cc(C(=O)OC)c1. The summed E-state index contributed by atoms with van der Waals surface area (Å²) >= 11 is 0. The zero-order valence-electron chi connectivity index (χ0n) is 18.8. The maximum atomic E-state index is 13.0. The van der Waals surface area contributed by atoms with Gasteiger partial charge in [-0.1, -0.05) is 12.1 Å². The van der Waals surface area contributed by atoms with E-state index < -0.39 is 33.9 Å². The predicted octanol–water partition coefficient (Wildman–Crippen LogP) is 2.67. The van der Waals surface area contributed by atoms with Gasteiger partial charge in [0.2, 0.25) is 15.9 Å². The molecular formula is C22H26N2O7S. The zero-order chi connectivity index (χ0) is 24.2. The number of rotatable bonds is 7. The van der Waals surface area contributed by atoms with Crippen LogP contribution in [0.1, 0.15) is 38.8 Å². The largest absolute Gasteiger partial charge is 0.465 e. The number of aryl methyl sites for hydroxylation is 2. The molecule has 0 fully saturated rings. The minimum Gasteiger partial charge on any atom is -0.465 e. The van der Waals surface area contributed by atoms with Crippen molar-refractivity contribution < 1.29 is 32.3 Å². The smallest absolute Gasteiger partial charge is 0.337 e. The molecule has 1 atom stereocenters. The van der Waals surface area contributed by atoms with Gasteiger partial charge in [0.05, 0.1) is 37.3 Å². The molecule has 2 aromatic rings. The standard InChI is InChI=1S/C22H26N2O7S/c1-13-7-8-14(2)19(9-13)24(32(6,28)29)15(3)20(25)23-18-11-16(21(26)30-4)10-17(12-18)22(27)31-5/h7-12,15H,1-6H3,(H,23,25)/t15-/m0/s1. The maximum absolute atomic E-state index is 13.0. The highest BCUT2D eigenvalue weighted by Crippen LogP contribution is 2.27. The summed E-state index contributed by atoms with van der Waals surface area (Å²) < 4.78 is 35.6. The molecule has 0 heterocycles. The average Bonchev–Trinajstić information content (AvgIpc) is 2.73. The molecule has 0 aliphatic carbocycles. The van der Waals surface area contributed by atoms with Crippen molar-refractivity contribution in [3.63, 3.8) is 0 Å². The van der Waals surface area contributed by atoms with Crippen molar-refractivity contribution in [2.24, 2.45) is 0 Å². The van der Waals surface area contributed by atoms with Crippen LogP contribution in [0.2, 0.25) is 0 Å². The molecule has 0 aliphatic rings. The molecule has 0 saturated carbocycles. The Morgan fingerprint density at radius 3 is 1.94 bits per heavy atom. The van der Waals surface area contributed by atoms with Gasteiger partial charge in [-0.25, -0.2) is 18.0 Å². The van der Waals surface area contributed by atoms with E-state index in [-0.39, 0.29) is 16.8 Å². The molecule has 0 aliphatic heterocycles. The second-order valence-corrected chi connectivity index (χ2v) is 9.16. The number of sulfonamides is 1. The fraction of sp³-hybridized carbons (Fsp3) is 0.318. The third-order valence-electron chi connectivity index (χ3n) is 4.73. The van der Waals surface area contributed by atoms with Crippen molar-refractivity contribution in [2.45, 2.75) is 26.8 Å². The van der Waals surface area contributed by atoms with Gasteiger partial charge in [-0.15, -0.1) is 0 Å². The third-order valence-corrected chi connectivity index (χ3v) is 5.96. The zero-order valence-corrected chi connectivity index (χ0v) is 19.6. The van der Waals surface area contributed by atoms with E-state index in [9.17, 15) is 22.8 Å². The van der Waals surface area contributed by atoms with Crippen LogP contribution in [0.15, 0.2) is 36.4 Å². The Balaban J connectivity index is 2.46. The number of carbonyl (C=O) groups is 3. The number of nitrogens with one attached hydrogen (secondary N) is 1. The highest BCUT2D eigenvalue weighted by atomic mass is 32.2. The Morgan fingerprint density at radius 2 is 1.47 bits per heavy atom. The Hall–Kier alpha value is -3.40. The highest BCUT2D eigenvalue weighted by Gasteiger charge is 2.30. The first kappa shape index (κ1) is 24.9. The van der Waals surface area contributed by atoms with Crippen molar-refractivity contribution in [1.29, 1.82) is 0 Å². The predicted molar refractivity (Wildman–Crippen MR) is 120 cm³/mol. The lowest BCUT2D eigenvalue weighted by Crippen LogP contribution is -2.45. The van der Waals surface area contributed by atoms with Crippen molar-refractivity contribution in [3.8, 4) is 0 Å². The number of amides is 1. The minimum atomic E-state index is -3.82. The Bertz CT molecular complexity index is 1120. The molecule has 2 aromatic carbocycles. The first-order valence-corrected chi connectivity index (χ1v) is 11.4. The molecule has 0 saturated heterocycles. The van der Waals surface area contributed by atoms with Crippen LogP contribution in [0.25, 0.3) is 0 Å². The fourth-order valence-electron chi connectivity index (χ4n) is 3.16. The van der Waals surface area contributed by atoms with E-state index in [0.29, 0.717) is 11.3 Å². The summed E-state index contributed by atoms with van der Waals surface area (Å²) in [4.78, 5) is 37.0. The Morgan fingerprint density at radius 1 is 0.938 bits per heavy atom. The normalized spacial score (nSPS) is 11.9. The molecule has 9 nitrogen and oxygen atoms in total. The lowest BCUT2D eigenvalue weighted by molar-refractivity contribution is -0.116. The summed E-state index contributed by atoms with van der Waals surface area (Å²) in [5, 5.41) is 2.58. The van der Waals surface area contributed by atoms with Crippen LogP contribution in [-0.4, -0.2) is 52.8 Å². The van der Waals surface area contributed by atoms with Crippen LogP contribution in [0.5, 0.6) is 0 Å². The van der Waals surface area contributed by atoms with Crippen LogP contribution in [0.4, 0.5) is 11.4 Å². The summed E-state index contributed by atoms with van der Waals surface area (Å²) in [6.45, 7) is 5.02. The highest BCUT2D eigenvalue weighted by molar-refractivity contribution is 7.92. The van der Waals surface area contributed by atoms with Gasteiger partial charge in [0.1, 0.15) is 6.04 Å². The maximum Gasteiger partial charge on any atom is 0.337 e. The number of ether oxygens (including phenoxy) is 2. The number of hydrogen-bond acceptors (Lipinski definition) is 7. The van der Waals surface area contributed by atoms with Crippen LogP contribution >= 0.6 is 0 Å². The van der Waals surface area contributed by atoms with Crippen LogP contribution in [0.3, 0.4) is 0 Å². The van der Waals surface area contributed by atoms with Gasteiger partial charge in [-0.3, -0.25) is 9.10 Å². The number of anilines is 2. The minimum absolute atomic E-state index is 0.0212. The van der Waals surface area contributed by atoms with Gasteiger partial charge in [0, 0.05) is 5.69 Å². The van der Waals surface area contributed by atoms with E-state index in [1.165, 1.54) is 39.3 Å². The first-order chi connectivity index (χ1) is 14.9. The van der Waals surface area contributed by atoms with E-state index in [4.69, 9.17) is 0 Å². The molecule has 1 amide bonds.